The number of aliphatic carboxylic acids is 1. The van der Waals surface area contributed by atoms with E-state index in [4.69, 9.17) is 5.11 Å². The van der Waals surface area contributed by atoms with Crippen LogP contribution in [0.1, 0.15) is 32.6 Å². The lowest BCUT2D eigenvalue weighted by Gasteiger charge is -2.32. The number of carbonyl (C=O) groups is 1. The van der Waals surface area contributed by atoms with E-state index in [1.165, 1.54) is 4.31 Å². The van der Waals surface area contributed by atoms with Crippen LogP contribution >= 0.6 is 0 Å². The Morgan fingerprint density at radius 1 is 1.39 bits per heavy atom. The van der Waals surface area contributed by atoms with Crippen LogP contribution in [0.5, 0.6) is 0 Å². The molecule has 0 amide bonds. The van der Waals surface area contributed by atoms with Crippen LogP contribution in [-0.4, -0.2) is 55.2 Å². The Morgan fingerprint density at radius 3 is 2.50 bits per heavy atom. The molecule has 1 aliphatic heterocycles. The molecular weight excluding hydrogens is 256 g/mol. The molecule has 18 heavy (non-hydrogen) atoms. The summed E-state index contributed by atoms with van der Waals surface area (Å²) in [6.07, 6.45) is 1.74. The van der Waals surface area contributed by atoms with E-state index in [2.05, 4.69) is 5.32 Å². The maximum atomic E-state index is 12.2. The fourth-order valence-corrected chi connectivity index (χ4v) is 4.10. The average molecular weight is 278 g/mol. The van der Waals surface area contributed by atoms with E-state index >= 15 is 0 Å². The Labute approximate surface area is 108 Å². The first-order valence-electron chi connectivity index (χ1n) is 6.39. The average Bonchev–Trinajstić information content (AvgIpc) is 2.30. The van der Waals surface area contributed by atoms with Crippen molar-refractivity contribution in [1.82, 2.24) is 9.62 Å². The molecule has 1 saturated heterocycles. The number of carboxylic acids is 1. The topological polar surface area (TPSA) is 86.7 Å². The molecule has 0 aromatic rings. The van der Waals surface area contributed by atoms with Gasteiger partial charge in [0.15, 0.2) is 0 Å². The lowest BCUT2D eigenvalue weighted by atomic mass is 10.1. The van der Waals surface area contributed by atoms with Crippen molar-refractivity contribution in [3.05, 3.63) is 0 Å². The molecule has 0 unspecified atom stereocenters. The molecule has 0 aliphatic carbocycles. The minimum atomic E-state index is -3.33. The molecule has 0 radical (unpaired) electrons. The van der Waals surface area contributed by atoms with E-state index in [0.717, 1.165) is 25.9 Å². The summed E-state index contributed by atoms with van der Waals surface area (Å²) in [5, 5.41) is 11.7. The van der Waals surface area contributed by atoms with E-state index in [1.807, 2.05) is 6.92 Å². The van der Waals surface area contributed by atoms with Gasteiger partial charge in [-0.1, -0.05) is 6.92 Å². The Bertz CT molecular complexity index is 363. The third-order valence-electron chi connectivity index (χ3n) is 3.18. The van der Waals surface area contributed by atoms with Crippen LogP contribution in [0.2, 0.25) is 0 Å². The summed E-state index contributed by atoms with van der Waals surface area (Å²) in [5.74, 6) is -1.02. The normalized spacial score (nSPS) is 18.1. The largest absolute Gasteiger partial charge is 0.481 e. The predicted octanol–water partition coefficient (Wildman–Crippen LogP) is 0.255. The molecule has 0 atom stereocenters. The molecule has 1 aliphatic rings. The number of hydrogen-bond acceptors (Lipinski definition) is 4. The number of nitrogens with one attached hydrogen (secondary N) is 1. The van der Waals surface area contributed by atoms with Crippen LogP contribution in [-0.2, 0) is 14.8 Å². The van der Waals surface area contributed by atoms with Crippen molar-refractivity contribution in [1.29, 1.82) is 0 Å². The third-order valence-corrected chi connectivity index (χ3v) is 5.25. The van der Waals surface area contributed by atoms with Crippen LogP contribution < -0.4 is 5.32 Å². The van der Waals surface area contributed by atoms with Crippen LogP contribution in [0.4, 0.5) is 0 Å². The smallest absolute Gasteiger partial charge is 0.303 e. The van der Waals surface area contributed by atoms with Gasteiger partial charge in [0.1, 0.15) is 0 Å². The van der Waals surface area contributed by atoms with E-state index in [0.29, 0.717) is 6.54 Å². The van der Waals surface area contributed by atoms with Gasteiger partial charge < -0.3 is 10.4 Å². The second-order valence-corrected chi connectivity index (χ2v) is 6.54. The second kappa shape index (κ2) is 7.06. The molecule has 7 heteroatoms. The summed E-state index contributed by atoms with van der Waals surface area (Å²) in [6.45, 7) is 3.97. The summed E-state index contributed by atoms with van der Waals surface area (Å²) < 4.78 is 25.8. The highest BCUT2D eigenvalue weighted by Crippen LogP contribution is 2.17. The molecule has 0 aromatic heterocycles. The Kier molecular flexibility index (Phi) is 6.04. The van der Waals surface area contributed by atoms with Gasteiger partial charge in [0.05, 0.1) is 5.75 Å². The zero-order valence-corrected chi connectivity index (χ0v) is 11.6. The second-order valence-electron chi connectivity index (χ2n) is 4.50. The van der Waals surface area contributed by atoms with Crippen LogP contribution in [0, 0.1) is 0 Å². The Morgan fingerprint density at radius 2 is 2.00 bits per heavy atom. The Balaban J connectivity index is 2.58. The van der Waals surface area contributed by atoms with Gasteiger partial charge in [0, 0.05) is 19.0 Å². The third kappa shape index (κ3) is 4.55. The maximum Gasteiger partial charge on any atom is 0.303 e. The van der Waals surface area contributed by atoms with Gasteiger partial charge in [-0.05, 0) is 32.4 Å². The van der Waals surface area contributed by atoms with Gasteiger partial charge >= 0.3 is 5.97 Å². The molecule has 1 rings (SSSR count). The standard InChI is InChI=1S/C11H22N2O4S/c1-2-13(10-5-7-12-8-6-10)18(16,17)9-3-4-11(14)15/h10,12H,2-9H2,1H3,(H,14,15). The molecule has 106 valence electrons. The van der Waals surface area contributed by atoms with Crippen molar-refractivity contribution in [2.24, 2.45) is 0 Å². The van der Waals surface area contributed by atoms with E-state index < -0.39 is 16.0 Å². The minimum Gasteiger partial charge on any atom is -0.481 e. The number of sulfonamides is 1. The number of rotatable bonds is 7. The number of hydrogen-bond donors (Lipinski definition) is 2. The van der Waals surface area contributed by atoms with Crippen molar-refractivity contribution in [2.75, 3.05) is 25.4 Å². The monoisotopic (exact) mass is 278 g/mol. The zero-order valence-electron chi connectivity index (χ0n) is 10.8. The quantitative estimate of drug-likeness (QED) is 0.697. The molecular formula is C11H22N2O4S. The molecule has 1 heterocycles. The predicted molar refractivity (Wildman–Crippen MR) is 68.9 cm³/mol. The molecule has 6 nitrogen and oxygen atoms in total. The highest BCUT2D eigenvalue weighted by Gasteiger charge is 2.29. The summed E-state index contributed by atoms with van der Waals surface area (Å²) >= 11 is 0. The fraction of sp³-hybridized carbons (Fsp3) is 0.909. The van der Waals surface area contributed by atoms with Crippen LogP contribution in [0.3, 0.4) is 0 Å². The van der Waals surface area contributed by atoms with Gasteiger partial charge in [-0.3, -0.25) is 4.79 Å². The van der Waals surface area contributed by atoms with Crippen molar-refractivity contribution < 1.29 is 18.3 Å². The highest BCUT2D eigenvalue weighted by atomic mass is 32.2. The number of nitrogens with zero attached hydrogens (tertiary/aromatic N) is 1. The van der Waals surface area contributed by atoms with Gasteiger partial charge in [-0.15, -0.1) is 0 Å². The summed E-state index contributed by atoms with van der Waals surface area (Å²) in [7, 11) is -3.33. The fourth-order valence-electron chi connectivity index (χ4n) is 2.30. The van der Waals surface area contributed by atoms with Gasteiger partial charge in [-0.25, -0.2) is 8.42 Å². The molecule has 0 aromatic carbocycles. The van der Waals surface area contributed by atoms with E-state index in [9.17, 15) is 13.2 Å². The van der Waals surface area contributed by atoms with Crippen molar-refractivity contribution >= 4 is 16.0 Å². The maximum absolute atomic E-state index is 12.2. The number of carboxylic acid groups (broad SMARTS) is 1. The first kappa shape index (κ1) is 15.4. The van der Waals surface area contributed by atoms with E-state index in [1.54, 1.807) is 0 Å². The molecule has 0 spiro atoms. The summed E-state index contributed by atoms with van der Waals surface area (Å²) in [6, 6.07) is 0.0612. The molecule has 0 bridgehead atoms. The molecule has 2 N–H and O–H groups in total. The Hall–Kier alpha value is -0.660. The summed E-state index contributed by atoms with van der Waals surface area (Å²) in [5.41, 5.74) is 0. The lowest BCUT2D eigenvalue weighted by molar-refractivity contribution is -0.137. The zero-order chi connectivity index (χ0) is 13.6. The van der Waals surface area contributed by atoms with Gasteiger partial charge in [-0.2, -0.15) is 4.31 Å². The molecule has 0 saturated carbocycles. The first-order valence-corrected chi connectivity index (χ1v) is 8.00. The van der Waals surface area contributed by atoms with Crippen LogP contribution in [0.15, 0.2) is 0 Å². The van der Waals surface area contributed by atoms with Gasteiger partial charge in [0.2, 0.25) is 10.0 Å². The summed E-state index contributed by atoms with van der Waals surface area (Å²) in [4.78, 5) is 10.4. The van der Waals surface area contributed by atoms with Crippen molar-refractivity contribution in [3.8, 4) is 0 Å². The van der Waals surface area contributed by atoms with Crippen LogP contribution in [0.25, 0.3) is 0 Å². The van der Waals surface area contributed by atoms with E-state index in [-0.39, 0.29) is 24.6 Å². The van der Waals surface area contributed by atoms with Gasteiger partial charge in [0.25, 0.3) is 0 Å². The number of piperidine rings is 1. The van der Waals surface area contributed by atoms with Crippen molar-refractivity contribution in [3.63, 3.8) is 0 Å². The highest BCUT2D eigenvalue weighted by molar-refractivity contribution is 7.89. The molecule has 1 fully saturated rings. The lowest BCUT2D eigenvalue weighted by Crippen LogP contribution is -2.46. The SMILES string of the molecule is CCN(C1CCNCC1)S(=O)(=O)CCCC(=O)O. The van der Waals surface area contributed by atoms with Crippen molar-refractivity contribution in [2.45, 2.75) is 38.6 Å². The first-order chi connectivity index (χ1) is 8.47. The minimum absolute atomic E-state index is 0.0612.